The van der Waals surface area contributed by atoms with Gasteiger partial charge in [0.05, 0.1) is 44.1 Å². The number of aryl methyl sites for hydroxylation is 4. The van der Waals surface area contributed by atoms with Crippen LogP contribution in [0.2, 0.25) is 0 Å². The molecular formula is C76H55BBr2N5S. The Morgan fingerprint density at radius 3 is 0.753 bits per heavy atom. The third-order valence-corrected chi connectivity index (χ3v) is 17.6. The number of nitrogens with zero attached hydrogens (tertiary/aromatic N) is 5. The molecule has 0 aliphatic rings. The predicted molar refractivity (Wildman–Crippen MR) is 373 cm³/mol. The molecule has 4 heterocycles. The zero-order valence-corrected chi connectivity index (χ0v) is 51.3. The predicted octanol–water partition coefficient (Wildman–Crippen LogP) is 22.0. The van der Waals surface area contributed by atoms with Gasteiger partial charge in [0.15, 0.2) is 0 Å². The average molecular weight is 1240 g/mol. The van der Waals surface area contributed by atoms with Gasteiger partial charge in [0, 0.05) is 74.8 Å². The first-order valence-electron chi connectivity index (χ1n) is 28.4. The van der Waals surface area contributed by atoms with E-state index in [9.17, 15) is 0 Å². The van der Waals surface area contributed by atoms with Crippen LogP contribution in [0.25, 0.3) is 132 Å². The van der Waals surface area contributed by atoms with Crippen LogP contribution in [-0.2, 0) is 0 Å². The molecule has 85 heavy (non-hydrogen) atoms. The van der Waals surface area contributed by atoms with Gasteiger partial charge in [-0.25, -0.2) is 0 Å². The molecule has 5 nitrogen and oxygen atoms in total. The number of hydrogen-bond donors (Lipinski definition) is 1. The summed E-state index contributed by atoms with van der Waals surface area (Å²) in [5.74, 6) is 0. The van der Waals surface area contributed by atoms with Gasteiger partial charge in [-0.3, -0.25) is 0 Å². The van der Waals surface area contributed by atoms with Crippen molar-refractivity contribution in [2.45, 2.75) is 27.7 Å². The van der Waals surface area contributed by atoms with Crippen LogP contribution in [0.4, 0.5) is 0 Å². The average Bonchev–Trinajstić information content (AvgIpc) is 3.61. The van der Waals surface area contributed by atoms with Gasteiger partial charge in [-0.1, -0.05) is 163 Å². The molecule has 9 heteroatoms. The molecule has 407 valence electrons. The third kappa shape index (κ3) is 9.70. The fourth-order valence-corrected chi connectivity index (χ4v) is 13.4. The molecule has 0 bridgehead atoms. The van der Waals surface area contributed by atoms with Crippen LogP contribution in [0.1, 0.15) is 22.3 Å². The van der Waals surface area contributed by atoms with Crippen molar-refractivity contribution in [2.75, 3.05) is 0 Å². The number of hydrogen-bond acceptors (Lipinski definition) is 2. The minimum atomic E-state index is 1.10. The van der Waals surface area contributed by atoms with Crippen molar-refractivity contribution in [2.24, 2.45) is 4.30 Å². The zero-order chi connectivity index (χ0) is 58.0. The number of rotatable bonds is 6. The molecule has 0 N–H and O–H groups in total. The van der Waals surface area contributed by atoms with Crippen molar-refractivity contribution in [1.29, 1.82) is 0 Å². The molecule has 0 unspecified atom stereocenters. The van der Waals surface area contributed by atoms with Crippen molar-refractivity contribution >= 4 is 140 Å². The Kier molecular flexibility index (Phi) is 14.1. The van der Waals surface area contributed by atoms with E-state index in [4.69, 9.17) is 0 Å². The summed E-state index contributed by atoms with van der Waals surface area (Å²) in [6.45, 7) is 8.63. The van der Waals surface area contributed by atoms with E-state index in [0.717, 1.165) is 20.3 Å². The van der Waals surface area contributed by atoms with Crippen LogP contribution < -0.4 is 0 Å². The van der Waals surface area contributed by atoms with Gasteiger partial charge >= 0.3 is 24.8 Å². The van der Waals surface area contributed by atoms with Gasteiger partial charge in [-0.05, 0) is 196 Å². The molecule has 0 fully saturated rings. The number of benzene rings is 12. The van der Waals surface area contributed by atoms with E-state index in [-0.39, 0.29) is 0 Å². The SMILES string of the molecule is Cc1ccc2c(c1)c1cc(Br)ccc1n2-c1ccc(-c2ccc(-n3c4ccc(C)cc4c4cc(Br)ccc43)cc2)cc1.Cc1ccc2c(c1)c1ccccc1n2-c1ccc(-c2ccc(-n3c4ccccc4c4cc(C)ccc43)cc2)cc1.[B]=NS. The van der Waals surface area contributed by atoms with Crippen LogP contribution in [0.15, 0.2) is 268 Å². The Bertz CT molecular complexity index is 4820. The summed E-state index contributed by atoms with van der Waals surface area (Å²) >= 11 is 10.5. The summed E-state index contributed by atoms with van der Waals surface area (Å²) in [5.41, 5.74) is 24.4. The van der Waals surface area contributed by atoms with Crippen LogP contribution in [0.3, 0.4) is 0 Å². The molecule has 12 aromatic carbocycles. The molecule has 1 radical (unpaired) electrons. The van der Waals surface area contributed by atoms with Crippen LogP contribution in [0, 0.1) is 27.7 Å². The number of halogens is 2. The van der Waals surface area contributed by atoms with Gasteiger partial charge in [0.25, 0.3) is 0 Å². The van der Waals surface area contributed by atoms with Crippen molar-refractivity contribution < 1.29 is 0 Å². The molecule has 0 amide bonds. The Labute approximate surface area is 517 Å². The van der Waals surface area contributed by atoms with E-state index >= 15 is 0 Å². The zero-order valence-electron chi connectivity index (χ0n) is 47.3. The van der Waals surface area contributed by atoms with E-state index in [0.29, 0.717) is 0 Å². The molecule has 0 spiro atoms. The number of thiol groups is 1. The van der Waals surface area contributed by atoms with E-state index in [1.165, 1.54) is 143 Å². The van der Waals surface area contributed by atoms with Crippen molar-refractivity contribution in [3.05, 3.63) is 286 Å². The van der Waals surface area contributed by atoms with E-state index in [1.807, 2.05) is 0 Å². The fourth-order valence-electron chi connectivity index (χ4n) is 12.7. The molecule has 4 aromatic heterocycles. The van der Waals surface area contributed by atoms with Gasteiger partial charge in [-0.15, -0.1) is 0 Å². The maximum atomic E-state index is 4.34. The van der Waals surface area contributed by atoms with Crippen molar-refractivity contribution in [3.8, 4) is 45.0 Å². The quantitative estimate of drug-likeness (QED) is 0.127. The topological polar surface area (TPSA) is 32.1 Å². The Morgan fingerprint density at radius 1 is 0.271 bits per heavy atom. The summed E-state index contributed by atoms with van der Waals surface area (Å²) in [6, 6.07) is 93.2. The second kappa shape index (κ2) is 22.2. The normalized spacial score (nSPS) is 11.5. The van der Waals surface area contributed by atoms with E-state index in [1.54, 1.807) is 0 Å². The van der Waals surface area contributed by atoms with Crippen LogP contribution in [-0.4, -0.2) is 25.9 Å². The Balaban J connectivity index is 0.000000144. The molecule has 0 saturated heterocycles. The summed E-state index contributed by atoms with van der Waals surface area (Å²) < 4.78 is 14.4. The third-order valence-electron chi connectivity index (χ3n) is 16.6. The molecule has 0 aliphatic heterocycles. The molecule has 0 aliphatic carbocycles. The van der Waals surface area contributed by atoms with Gasteiger partial charge in [0.2, 0.25) is 0 Å². The molecular weight excluding hydrogens is 1190 g/mol. The maximum absolute atomic E-state index is 4.34. The fraction of sp³-hybridized carbons (Fsp3) is 0.0526. The number of fused-ring (bicyclic) bond motifs is 12. The molecule has 0 atom stereocenters. The Morgan fingerprint density at radius 2 is 0.482 bits per heavy atom. The van der Waals surface area contributed by atoms with Crippen molar-refractivity contribution in [3.63, 3.8) is 0 Å². The minimum absolute atomic E-state index is 1.10. The first-order chi connectivity index (χ1) is 41.5. The summed E-state index contributed by atoms with van der Waals surface area (Å²) in [4.78, 5) is 0. The van der Waals surface area contributed by atoms with Crippen LogP contribution in [0.5, 0.6) is 0 Å². The first-order valence-corrected chi connectivity index (χ1v) is 30.4. The standard InChI is InChI=1S/C38H26Br2N2.C38H28N2.BHNS/c1-23-3-15-35-31(19-23)33-21-27(39)9-17-37(33)41(35)29-11-5-25(6-12-29)26-7-13-30(14-8-26)42-36-16-4-24(2)20-32(36)34-22-28(40)10-18-38(34)42;1-25-11-21-37-33(23-25)31-7-3-5-9-35(31)39(37)29-17-13-27(14-18-29)28-15-19-30(20-16-28)40-36-10-6-4-8-32(36)34-24-26(2)12-22-38(34)40;1-2-3/h3-22H,1-2H3;3-24H,1-2H3;3H. The first kappa shape index (κ1) is 54.0. The molecule has 16 aromatic rings. The number of aromatic nitrogens is 4. The molecule has 16 rings (SSSR count). The van der Waals surface area contributed by atoms with Gasteiger partial charge < -0.3 is 18.3 Å². The molecule has 0 saturated carbocycles. The number of para-hydroxylation sites is 2. The van der Waals surface area contributed by atoms with Crippen molar-refractivity contribution in [1.82, 2.24) is 18.3 Å². The van der Waals surface area contributed by atoms with Gasteiger partial charge in [-0.2, -0.15) is 0 Å². The Hall–Kier alpha value is -8.99. The monoisotopic (exact) mass is 1240 g/mol. The second-order valence-electron chi connectivity index (χ2n) is 22.1. The summed E-state index contributed by atoms with van der Waals surface area (Å²) in [7, 11) is 4.34. The summed E-state index contributed by atoms with van der Waals surface area (Å²) in [6.07, 6.45) is 0. The second-order valence-corrected chi connectivity index (χ2v) is 24.1. The summed E-state index contributed by atoms with van der Waals surface area (Å²) in [5, 5.41) is 10.3. The van der Waals surface area contributed by atoms with Crippen LogP contribution >= 0.6 is 44.7 Å². The van der Waals surface area contributed by atoms with E-state index in [2.05, 4.69) is 357 Å². The van der Waals surface area contributed by atoms with E-state index < -0.39 is 0 Å². The van der Waals surface area contributed by atoms with Gasteiger partial charge in [0.1, 0.15) is 0 Å².